The molecule has 0 heterocycles. The summed E-state index contributed by atoms with van der Waals surface area (Å²) >= 11 is 7.67. The summed E-state index contributed by atoms with van der Waals surface area (Å²) in [6.07, 6.45) is 0. The summed E-state index contributed by atoms with van der Waals surface area (Å²) in [5.74, 6) is -4.61. The summed E-state index contributed by atoms with van der Waals surface area (Å²) in [5, 5.41) is 2.81. The zero-order valence-electron chi connectivity index (χ0n) is 9.68. The molecule has 0 saturated heterocycles. The minimum atomic E-state index is -1.26. The lowest BCUT2D eigenvalue weighted by Gasteiger charge is -2.09. The van der Waals surface area contributed by atoms with Gasteiger partial charge in [-0.25, -0.2) is 13.2 Å². The Balaban J connectivity index is 2.33. The van der Waals surface area contributed by atoms with E-state index in [1.807, 2.05) is 22.6 Å². The van der Waals surface area contributed by atoms with Gasteiger partial charge >= 0.3 is 0 Å². The van der Waals surface area contributed by atoms with E-state index < -0.39 is 28.9 Å². The Morgan fingerprint density at radius 3 is 2.25 bits per heavy atom. The van der Waals surface area contributed by atoms with Crippen LogP contribution in [0, 0.1) is 21.0 Å². The number of amides is 1. The Labute approximate surface area is 131 Å². The first-order valence-electron chi connectivity index (χ1n) is 5.29. The second kappa shape index (κ2) is 6.01. The highest BCUT2D eigenvalue weighted by Crippen LogP contribution is 2.24. The number of carbonyl (C=O) groups is 1. The molecule has 0 radical (unpaired) electrons. The van der Waals surface area contributed by atoms with Crippen LogP contribution in [0.1, 0.15) is 10.4 Å². The topological polar surface area (TPSA) is 29.1 Å². The van der Waals surface area contributed by atoms with Crippen LogP contribution in [0.2, 0.25) is 5.02 Å². The minimum absolute atomic E-state index is 0.350. The van der Waals surface area contributed by atoms with Crippen LogP contribution >= 0.6 is 34.2 Å². The SMILES string of the molecule is O=C(Nc1ccc(Cl)cc1I)c1c(F)cc(F)cc1F. The van der Waals surface area contributed by atoms with Gasteiger partial charge in [0, 0.05) is 20.7 Å². The summed E-state index contributed by atoms with van der Waals surface area (Å²) in [6.45, 7) is 0. The number of hydrogen-bond acceptors (Lipinski definition) is 1. The molecule has 2 rings (SSSR count). The number of rotatable bonds is 2. The smallest absolute Gasteiger partial charge is 0.261 e. The van der Waals surface area contributed by atoms with E-state index in [0.717, 1.165) is 0 Å². The molecule has 2 nitrogen and oxygen atoms in total. The molecule has 0 atom stereocenters. The summed E-state index contributed by atoms with van der Waals surface area (Å²) in [5.41, 5.74) is -0.486. The van der Waals surface area contributed by atoms with Crippen molar-refractivity contribution in [2.75, 3.05) is 5.32 Å². The van der Waals surface area contributed by atoms with Crippen molar-refractivity contribution in [2.24, 2.45) is 0 Å². The first kappa shape index (κ1) is 15.1. The summed E-state index contributed by atoms with van der Waals surface area (Å²) < 4.78 is 40.3. The average Bonchev–Trinajstić information content (AvgIpc) is 2.31. The lowest BCUT2D eigenvalue weighted by molar-refractivity contribution is 0.101. The molecule has 0 aliphatic rings. The van der Waals surface area contributed by atoms with Gasteiger partial charge in [-0.1, -0.05) is 11.6 Å². The number of carbonyl (C=O) groups excluding carboxylic acids is 1. The van der Waals surface area contributed by atoms with Crippen LogP contribution < -0.4 is 5.32 Å². The third kappa shape index (κ3) is 3.24. The van der Waals surface area contributed by atoms with Crippen molar-refractivity contribution in [3.63, 3.8) is 0 Å². The molecule has 104 valence electrons. The van der Waals surface area contributed by atoms with Crippen LogP contribution in [-0.2, 0) is 0 Å². The van der Waals surface area contributed by atoms with Crippen molar-refractivity contribution >= 4 is 45.8 Å². The fourth-order valence-corrected chi connectivity index (χ4v) is 2.54. The molecule has 0 saturated carbocycles. The molecule has 2 aromatic carbocycles. The monoisotopic (exact) mass is 411 g/mol. The second-order valence-electron chi connectivity index (χ2n) is 3.82. The molecule has 0 aliphatic heterocycles. The van der Waals surface area contributed by atoms with Crippen LogP contribution in [0.25, 0.3) is 0 Å². The summed E-state index contributed by atoms with van der Waals surface area (Å²) in [4.78, 5) is 11.9. The molecule has 0 fully saturated rings. The van der Waals surface area contributed by atoms with Crippen LogP contribution in [-0.4, -0.2) is 5.91 Å². The largest absolute Gasteiger partial charge is 0.321 e. The van der Waals surface area contributed by atoms with E-state index >= 15 is 0 Å². The van der Waals surface area contributed by atoms with Crippen LogP contribution in [0.15, 0.2) is 30.3 Å². The fourth-order valence-electron chi connectivity index (χ4n) is 1.53. The zero-order chi connectivity index (χ0) is 14.9. The maximum atomic E-state index is 13.5. The number of anilines is 1. The first-order chi connectivity index (χ1) is 9.38. The van der Waals surface area contributed by atoms with E-state index in [1.54, 1.807) is 6.07 Å². The van der Waals surface area contributed by atoms with Crippen molar-refractivity contribution in [1.82, 2.24) is 0 Å². The van der Waals surface area contributed by atoms with Gasteiger partial charge in [-0.3, -0.25) is 4.79 Å². The number of hydrogen-bond donors (Lipinski definition) is 1. The Hall–Kier alpha value is -1.28. The Morgan fingerprint density at radius 2 is 1.70 bits per heavy atom. The molecule has 20 heavy (non-hydrogen) atoms. The van der Waals surface area contributed by atoms with E-state index in [0.29, 0.717) is 26.4 Å². The van der Waals surface area contributed by atoms with E-state index in [9.17, 15) is 18.0 Å². The van der Waals surface area contributed by atoms with Crippen molar-refractivity contribution in [3.05, 3.63) is 61.9 Å². The zero-order valence-corrected chi connectivity index (χ0v) is 12.6. The molecular weight excluding hydrogens is 406 g/mol. The highest BCUT2D eigenvalue weighted by molar-refractivity contribution is 14.1. The Morgan fingerprint density at radius 1 is 1.10 bits per heavy atom. The number of benzene rings is 2. The van der Waals surface area contributed by atoms with Crippen molar-refractivity contribution in [3.8, 4) is 0 Å². The van der Waals surface area contributed by atoms with Crippen molar-refractivity contribution in [2.45, 2.75) is 0 Å². The lowest BCUT2D eigenvalue weighted by Crippen LogP contribution is -2.16. The van der Waals surface area contributed by atoms with E-state index in [4.69, 9.17) is 11.6 Å². The molecule has 0 aromatic heterocycles. The lowest BCUT2D eigenvalue weighted by atomic mass is 10.1. The molecule has 1 amide bonds. The van der Waals surface area contributed by atoms with Crippen LogP contribution in [0.4, 0.5) is 18.9 Å². The standard InChI is InChI=1S/C13H6ClF3INO/c14-6-1-2-11(10(18)3-6)19-13(20)12-8(16)4-7(15)5-9(12)17/h1-5H,(H,19,20). The van der Waals surface area contributed by atoms with Gasteiger partial charge in [-0.05, 0) is 40.8 Å². The Bertz CT molecular complexity index is 670. The van der Waals surface area contributed by atoms with Gasteiger partial charge in [0.05, 0.1) is 5.69 Å². The molecule has 0 unspecified atom stereocenters. The van der Waals surface area contributed by atoms with Gasteiger partial charge in [-0.2, -0.15) is 0 Å². The van der Waals surface area contributed by atoms with Gasteiger partial charge in [0.1, 0.15) is 23.0 Å². The first-order valence-corrected chi connectivity index (χ1v) is 6.75. The summed E-state index contributed by atoms with van der Waals surface area (Å²) in [7, 11) is 0. The quantitative estimate of drug-likeness (QED) is 0.718. The van der Waals surface area contributed by atoms with Gasteiger partial charge in [-0.15, -0.1) is 0 Å². The summed E-state index contributed by atoms with van der Waals surface area (Å²) in [6, 6.07) is 5.50. The van der Waals surface area contributed by atoms with Gasteiger partial charge in [0.2, 0.25) is 0 Å². The Kier molecular flexibility index (Phi) is 4.54. The van der Waals surface area contributed by atoms with Crippen molar-refractivity contribution in [1.29, 1.82) is 0 Å². The molecular formula is C13H6ClF3INO. The maximum absolute atomic E-state index is 13.5. The van der Waals surface area contributed by atoms with Gasteiger partial charge in [0.25, 0.3) is 5.91 Å². The van der Waals surface area contributed by atoms with E-state index in [2.05, 4.69) is 5.32 Å². The van der Waals surface area contributed by atoms with Crippen LogP contribution in [0.5, 0.6) is 0 Å². The van der Waals surface area contributed by atoms with Gasteiger partial charge in [0.15, 0.2) is 0 Å². The molecule has 0 spiro atoms. The highest BCUT2D eigenvalue weighted by Gasteiger charge is 2.19. The third-order valence-corrected chi connectivity index (χ3v) is 3.54. The molecule has 0 bridgehead atoms. The van der Waals surface area contributed by atoms with E-state index in [1.165, 1.54) is 12.1 Å². The highest BCUT2D eigenvalue weighted by atomic mass is 127. The predicted molar refractivity (Wildman–Crippen MR) is 78.4 cm³/mol. The molecule has 1 N–H and O–H groups in total. The fraction of sp³-hybridized carbons (Fsp3) is 0. The van der Waals surface area contributed by atoms with Crippen molar-refractivity contribution < 1.29 is 18.0 Å². The number of nitrogens with one attached hydrogen (secondary N) is 1. The minimum Gasteiger partial charge on any atom is -0.321 e. The second-order valence-corrected chi connectivity index (χ2v) is 5.42. The molecule has 2 aromatic rings. The molecule has 7 heteroatoms. The average molecular weight is 412 g/mol. The maximum Gasteiger partial charge on any atom is 0.261 e. The molecule has 0 aliphatic carbocycles. The number of halogens is 5. The van der Waals surface area contributed by atoms with Crippen LogP contribution in [0.3, 0.4) is 0 Å². The van der Waals surface area contributed by atoms with E-state index in [-0.39, 0.29) is 0 Å². The van der Waals surface area contributed by atoms with Gasteiger partial charge < -0.3 is 5.32 Å². The normalized spacial score (nSPS) is 10.4. The third-order valence-electron chi connectivity index (χ3n) is 2.41. The predicted octanol–water partition coefficient (Wildman–Crippen LogP) is 4.61.